The van der Waals surface area contributed by atoms with Crippen molar-refractivity contribution in [3.05, 3.63) is 65.7 Å². The molecule has 1 heterocycles. The Hall–Kier alpha value is -2.33. The quantitative estimate of drug-likeness (QED) is 0.896. The highest BCUT2D eigenvalue weighted by Gasteiger charge is 2.33. The number of hydrogen-bond donors (Lipinski definition) is 2. The average Bonchev–Trinajstić information content (AvgIpc) is 2.87. The second-order valence-corrected chi connectivity index (χ2v) is 5.33. The van der Waals surface area contributed by atoms with Crippen LogP contribution in [0.2, 0.25) is 0 Å². The van der Waals surface area contributed by atoms with Gasteiger partial charge in [-0.3, -0.25) is 4.79 Å². The minimum absolute atomic E-state index is 0.355. The van der Waals surface area contributed by atoms with Gasteiger partial charge in [0, 0.05) is 18.7 Å². The molecule has 0 radical (unpaired) electrons. The number of carbonyl (C=O) groups excluding carboxylic acids is 1. The zero-order valence-electron chi connectivity index (χ0n) is 11.6. The van der Waals surface area contributed by atoms with Crippen molar-refractivity contribution >= 4 is 11.6 Å². The van der Waals surface area contributed by atoms with Gasteiger partial charge in [0.1, 0.15) is 6.04 Å². The molecule has 108 valence electrons. The molecule has 0 spiro atoms. The Labute approximate surface area is 123 Å². The highest BCUT2D eigenvalue weighted by molar-refractivity contribution is 5.86. The Morgan fingerprint density at radius 1 is 1.19 bits per heavy atom. The fourth-order valence-corrected chi connectivity index (χ4v) is 2.90. The molecule has 0 bridgehead atoms. The lowest BCUT2D eigenvalue weighted by Crippen LogP contribution is -2.44. The van der Waals surface area contributed by atoms with Crippen molar-refractivity contribution in [2.75, 3.05) is 11.4 Å². The molecule has 4 nitrogen and oxygen atoms in total. The van der Waals surface area contributed by atoms with Crippen LogP contribution in [0.25, 0.3) is 0 Å². The summed E-state index contributed by atoms with van der Waals surface area (Å²) < 4.78 is 0. The van der Waals surface area contributed by atoms with Crippen LogP contribution in [0.1, 0.15) is 17.2 Å². The summed E-state index contributed by atoms with van der Waals surface area (Å²) in [6, 6.07) is 16.9. The zero-order valence-corrected chi connectivity index (χ0v) is 11.6. The fourth-order valence-electron chi connectivity index (χ4n) is 2.90. The van der Waals surface area contributed by atoms with Crippen molar-refractivity contribution < 1.29 is 9.90 Å². The largest absolute Gasteiger partial charge is 0.387 e. The summed E-state index contributed by atoms with van der Waals surface area (Å²) >= 11 is 0. The van der Waals surface area contributed by atoms with E-state index in [9.17, 15) is 9.90 Å². The predicted octanol–water partition coefficient (Wildman–Crippen LogP) is 1.64. The monoisotopic (exact) mass is 282 g/mol. The summed E-state index contributed by atoms with van der Waals surface area (Å²) in [6.07, 6.45) is -0.0493. The maximum Gasteiger partial charge on any atom is 0.240 e. The maximum atomic E-state index is 11.7. The zero-order chi connectivity index (χ0) is 14.8. The molecule has 1 aliphatic rings. The lowest BCUT2D eigenvalue weighted by molar-refractivity contribution is -0.119. The van der Waals surface area contributed by atoms with E-state index >= 15 is 0 Å². The van der Waals surface area contributed by atoms with Crippen LogP contribution in [0, 0.1) is 0 Å². The summed E-state index contributed by atoms with van der Waals surface area (Å²) in [5, 5.41) is 10.4. The highest BCUT2D eigenvalue weighted by Crippen LogP contribution is 2.33. The number of para-hydroxylation sites is 1. The van der Waals surface area contributed by atoms with Gasteiger partial charge < -0.3 is 15.7 Å². The molecule has 3 rings (SSSR count). The molecule has 4 heteroatoms. The van der Waals surface area contributed by atoms with Crippen LogP contribution in [0.3, 0.4) is 0 Å². The first-order chi connectivity index (χ1) is 10.2. The van der Waals surface area contributed by atoms with E-state index in [0.717, 1.165) is 16.8 Å². The summed E-state index contributed by atoms with van der Waals surface area (Å²) in [5.41, 5.74) is 8.44. The molecular weight excluding hydrogens is 264 g/mol. The minimum Gasteiger partial charge on any atom is -0.387 e. The molecule has 1 unspecified atom stereocenters. The van der Waals surface area contributed by atoms with Gasteiger partial charge in [-0.05, 0) is 17.2 Å². The van der Waals surface area contributed by atoms with Gasteiger partial charge >= 0.3 is 0 Å². The number of aliphatic hydroxyl groups is 1. The van der Waals surface area contributed by atoms with Gasteiger partial charge in [0.2, 0.25) is 5.91 Å². The van der Waals surface area contributed by atoms with Crippen molar-refractivity contribution in [3.8, 4) is 0 Å². The fraction of sp³-hybridized carbons (Fsp3) is 0.235. The molecular formula is C17H18N2O2. The summed E-state index contributed by atoms with van der Waals surface area (Å²) in [7, 11) is 0. The molecule has 1 aliphatic heterocycles. The molecule has 2 aromatic carbocycles. The van der Waals surface area contributed by atoms with Crippen LogP contribution in [-0.2, 0) is 11.2 Å². The molecule has 0 aliphatic carbocycles. The topological polar surface area (TPSA) is 66.6 Å². The van der Waals surface area contributed by atoms with Crippen LogP contribution < -0.4 is 10.6 Å². The third kappa shape index (κ3) is 2.62. The normalized spacial score (nSPS) is 18.3. The molecule has 2 atom stereocenters. The minimum atomic E-state index is -0.654. The highest BCUT2D eigenvalue weighted by atomic mass is 16.3. The number of hydrogen-bond acceptors (Lipinski definition) is 3. The second kappa shape index (κ2) is 5.58. The van der Waals surface area contributed by atoms with E-state index in [-0.39, 0.29) is 11.9 Å². The van der Waals surface area contributed by atoms with Crippen LogP contribution in [0.15, 0.2) is 54.6 Å². The number of nitrogens with zero attached hydrogens (tertiary/aromatic N) is 1. The number of anilines is 1. The molecule has 1 amide bonds. The molecule has 0 saturated carbocycles. The lowest BCUT2D eigenvalue weighted by atomic mass is 10.1. The van der Waals surface area contributed by atoms with Crippen LogP contribution >= 0.6 is 0 Å². The van der Waals surface area contributed by atoms with E-state index in [1.54, 1.807) is 0 Å². The number of benzene rings is 2. The van der Waals surface area contributed by atoms with Crippen molar-refractivity contribution in [3.63, 3.8) is 0 Å². The second-order valence-electron chi connectivity index (χ2n) is 5.33. The molecule has 3 N–H and O–H groups in total. The van der Waals surface area contributed by atoms with Gasteiger partial charge in [0.15, 0.2) is 0 Å². The third-order valence-corrected chi connectivity index (χ3v) is 3.97. The van der Waals surface area contributed by atoms with Crippen molar-refractivity contribution in [2.24, 2.45) is 5.73 Å². The van der Waals surface area contributed by atoms with E-state index in [1.165, 1.54) is 0 Å². The van der Waals surface area contributed by atoms with Crippen molar-refractivity contribution in [2.45, 2.75) is 18.6 Å². The smallest absolute Gasteiger partial charge is 0.240 e. The summed E-state index contributed by atoms with van der Waals surface area (Å²) in [6.45, 7) is 0.356. The number of amides is 1. The number of rotatable bonds is 4. The number of β-amino-alcohol motifs (C(OH)–C–C–N with tert-alkyl or cyclic N) is 1. The Morgan fingerprint density at radius 2 is 1.86 bits per heavy atom. The molecule has 0 aromatic heterocycles. The van der Waals surface area contributed by atoms with E-state index < -0.39 is 6.10 Å². The van der Waals surface area contributed by atoms with Crippen LogP contribution in [0.5, 0.6) is 0 Å². The lowest BCUT2D eigenvalue weighted by Gasteiger charge is -2.28. The SMILES string of the molecule is NC(=O)[C@@H]1Cc2ccccc2N1CC(O)c1ccccc1. The van der Waals surface area contributed by atoms with E-state index in [1.807, 2.05) is 59.5 Å². The van der Waals surface area contributed by atoms with Crippen molar-refractivity contribution in [1.29, 1.82) is 0 Å². The molecule has 2 aromatic rings. The van der Waals surface area contributed by atoms with E-state index in [4.69, 9.17) is 5.73 Å². The third-order valence-electron chi connectivity index (χ3n) is 3.97. The van der Waals surface area contributed by atoms with Gasteiger partial charge in [-0.15, -0.1) is 0 Å². The van der Waals surface area contributed by atoms with E-state index in [2.05, 4.69) is 0 Å². The number of fused-ring (bicyclic) bond motifs is 1. The Morgan fingerprint density at radius 3 is 2.57 bits per heavy atom. The molecule has 21 heavy (non-hydrogen) atoms. The average molecular weight is 282 g/mol. The van der Waals surface area contributed by atoms with Gasteiger partial charge in [0.05, 0.1) is 6.10 Å². The summed E-state index contributed by atoms with van der Waals surface area (Å²) in [5.74, 6) is -0.355. The van der Waals surface area contributed by atoms with Crippen LogP contribution in [-0.4, -0.2) is 23.6 Å². The molecule has 0 saturated heterocycles. The number of primary amides is 1. The Balaban J connectivity index is 1.86. The summed E-state index contributed by atoms with van der Waals surface area (Å²) in [4.78, 5) is 13.6. The first-order valence-electron chi connectivity index (χ1n) is 7.03. The number of carbonyl (C=O) groups is 1. The maximum absolute atomic E-state index is 11.7. The van der Waals surface area contributed by atoms with Gasteiger partial charge in [0.25, 0.3) is 0 Å². The molecule has 0 fully saturated rings. The van der Waals surface area contributed by atoms with Gasteiger partial charge in [-0.1, -0.05) is 48.5 Å². The van der Waals surface area contributed by atoms with Gasteiger partial charge in [-0.25, -0.2) is 0 Å². The van der Waals surface area contributed by atoms with E-state index in [0.29, 0.717) is 13.0 Å². The number of nitrogens with two attached hydrogens (primary N) is 1. The Kier molecular flexibility index (Phi) is 3.62. The Bertz CT molecular complexity index is 642. The first kappa shape index (κ1) is 13.6. The van der Waals surface area contributed by atoms with Gasteiger partial charge in [-0.2, -0.15) is 0 Å². The predicted molar refractivity (Wildman–Crippen MR) is 81.9 cm³/mol. The van der Waals surface area contributed by atoms with Crippen molar-refractivity contribution in [1.82, 2.24) is 0 Å². The number of aliphatic hydroxyl groups excluding tert-OH is 1. The first-order valence-corrected chi connectivity index (χ1v) is 7.03. The standard InChI is InChI=1S/C17H18N2O2/c18-17(21)15-10-13-8-4-5-9-14(13)19(15)11-16(20)12-6-2-1-3-7-12/h1-9,15-16,20H,10-11H2,(H2,18,21)/t15-,16?/m0/s1. The van der Waals surface area contributed by atoms with Crippen LogP contribution in [0.4, 0.5) is 5.69 Å².